The van der Waals surface area contributed by atoms with Crippen molar-refractivity contribution in [2.24, 2.45) is 11.7 Å². The van der Waals surface area contributed by atoms with Crippen LogP contribution in [0.5, 0.6) is 0 Å². The third kappa shape index (κ3) is 3.43. The molecule has 0 aromatic rings. The van der Waals surface area contributed by atoms with E-state index in [1.807, 2.05) is 13.8 Å². The lowest BCUT2D eigenvalue weighted by Crippen LogP contribution is -2.48. The van der Waals surface area contributed by atoms with Crippen LogP contribution in [0.1, 0.15) is 33.1 Å². The number of piperidine rings is 1. The molecule has 1 unspecified atom stereocenters. The molecule has 0 amide bonds. The highest BCUT2D eigenvalue weighted by Crippen LogP contribution is 2.21. The van der Waals surface area contributed by atoms with Gasteiger partial charge in [-0.15, -0.1) is 0 Å². The van der Waals surface area contributed by atoms with Crippen LogP contribution in [-0.4, -0.2) is 37.6 Å². The molecule has 1 fully saturated rings. The van der Waals surface area contributed by atoms with Gasteiger partial charge >= 0.3 is 0 Å². The Labute approximate surface area is 92.9 Å². The maximum atomic E-state index is 12.0. The Hall–Kier alpha value is -0.130. The van der Waals surface area contributed by atoms with Crippen LogP contribution in [0.3, 0.4) is 0 Å². The fraction of sp³-hybridized carbons (Fsp3) is 1.00. The molecule has 15 heavy (non-hydrogen) atoms. The molecule has 1 rings (SSSR count). The van der Waals surface area contributed by atoms with Gasteiger partial charge in [0.25, 0.3) is 0 Å². The van der Waals surface area contributed by atoms with Gasteiger partial charge in [0.15, 0.2) is 0 Å². The Kier molecular flexibility index (Phi) is 4.55. The van der Waals surface area contributed by atoms with Gasteiger partial charge in [-0.05, 0) is 18.8 Å². The molecule has 0 spiro atoms. The van der Waals surface area contributed by atoms with E-state index >= 15 is 0 Å². The van der Waals surface area contributed by atoms with Crippen LogP contribution < -0.4 is 5.73 Å². The van der Waals surface area contributed by atoms with Gasteiger partial charge < -0.3 is 5.73 Å². The molecule has 1 aliphatic heterocycles. The van der Waals surface area contributed by atoms with Crippen molar-refractivity contribution in [3.05, 3.63) is 0 Å². The van der Waals surface area contributed by atoms with Crippen LogP contribution in [0.15, 0.2) is 0 Å². The van der Waals surface area contributed by atoms with Crippen LogP contribution in [0, 0.1) is 5.92 Å². The molecule has 90 valence electrons. The van der Waals surface area contributed by atoms with Crippen LogP contribution in [-0.2, 0) is 10.0 Å². The number of rotatable bonds is 4. The van der Waals surface area contributed by atoms with E-state index in [4.69, 9.17) is 5.73 Å². The Bertz CT molecular complexity index is 288. The first-order chi connectivity index (χ1) is 6.97. The highest BCUT2D eigenvalue weighted by Gasteiger charge is 2.31. The van der Waals surface area contributed by atoms with Crippen molar-refractivity contribution in [1.29, 1.82) is 0 Å². The lowest BCUT2D eigenvalue weighted by atomic mass is 10.1. The molecule has 0 radical (unpaired) electrons. The molecule has 2 N–H and O–H groups in total. The van der Waals surface area contributed by atoms with E-state index in [1.165, 1.54) is 0 Å². The van der Waals surface area contributed by atoms with Crippen LogP contribution in [0.4, 0.5) is 0 Å². The number of nitrogens with two attached hydrogens (primary N) is 1. The second kappa shape index (κ2) is 5.27. The average molecular weight is 234 g/mol. The smallest absolute Gasteiger partial charge is 0.214 e. The molecular formula is C10H22N2O2S. The Balaban J connectivity index is 2.74. The van der Waals surface area contributed by atoms with Gasteiger partial charge in [-0.3, -0.25) is 0 Å². The van der Waals surface area contributed by atoms with Gasteiger partial charge in [-0.1, -0.05) is 20.3 Å². The summed E-state index contributed by atoms with van der Waals surface area (Å²) in [7, 11) is -3.09. The van der Waals surface area contributed by atoms with Crippen molar-refractivity contribution in [1.82, 2.24) is 4.31 Å². The summed E-state index contributed by atoms with van der Waals surface area (Å²) < 4.78 is 25.7. The molecule has 5 heteroatoms. The van der Waals surface area contributed by atoms with Gasteiger partial charge in [0.05, 0.1) is 5.75 Å². The predicted octanol–water partition coefficient (Wildman–Crippen LogP) is 0.785. The number of hydrogen-bond acceptors (Lipinski definition) is 3. The van der Waals surface area contributed by atoms with E-state index in [9.17, 15) is 8.42 Å². The van der Waals surface area contributed by atoms with E-state index in [-0.39, 0.29) is 17.7 Å². The lowest BCUT2D eigenvalue weighted by molar-refractivity contribution is 0.256. The Morgan fingerprint density at radius 3 is 2.60 bits per heavy atom. The molecule has 4 nitrogen and oxygen atoms in total. The number of hydrogen-bond donors (Lipinski definition) is 1. The van der Waals surface area contributed by atoms with Crippen molar-refractivity contribution in [2.45, 2.75) is 39.2 Å². The van der Waals surface area contributed by atoms with Crippen molar-refractivity contribution in [3.63, 3.8) is 0 Å². The zero-order valence-electron chi connectivity index (χ0n) is 9.65. The van der Waals surface area contributed by atoms with Crippen molar-refractivity contribution >= 4 is 10.0 Å². The summed E-state index contributed by atoms with van der Waals surface area (Å²) in [6, 6.07) is 0.0301. The first-order valence-electron chi connectivity index (χ1n) is 5.67. The van der Waals surface area contributed by atoms with Gasteiger partial charge in [-0.2, -0.15) is 4.31 Å². The minimum absolute atomic E-state index is 0.0301. The van der Waals surface area contributed by atoms with E-state index < -0.39 is 10.0 Å². The molecule has 0 saturated carbocycles. The largest absolute Gasteiger partial charge is 0.329 e. The molecule has 0 aromatic carbocycles. The molecule has 1 atom stereocenters. The van der Waals surface area contributed by atoms with Crippen LogP contribution >= 0.6 is 0 Å². The van der Waals surface area contributed by atoms with Gasteiger partial charge in [0.1, 0.15) is 0 Å². The lowest BCUT2D eigenvalue weighted by Gasteiger charge is -2.34. The summed E-state index contributed by atoms with van der Waals surface area (Å²) in [5.41, 5.74) is 5.62. The highest BCUT2D eigenvalue weighted by atomic mass is 32.2. The topological polar surface area (TPSA) is 63.4 Å². The summed E-state index contributed by atoms with van der Waals surface area (Å²) in [4.78, 5) is 0. The standard InChI is InChI=1S/C10H22N2O2S/c1-9(2)8-15(13,14)12-6-4-3-5-10(12)7-11/h9-10H,3-8,11H2,1-2H3. The number of nitrogens with zero attached hydrogens (tertiary/aromatic N) is 1. The SMILES string of the molecule is CC(C)CS(=O)(=O)N1CCCCC1CN. The maximum Gasteiger partial charge on any atom is 0.214 e. The second-order valence-corrected chi connectivity index (χ2v) is 6.63. The average Bonchev–Trinajstić information content (AvgIpc) is 2.16. The number of sulfonamides is 1. The van der Waals surface area contributed by atoms with Crippen molar-refractivity contribution in [3.8, 4) is 0 Å². The van der Waals surface area contributed by atoms with Gasteiger partial charge in [0, 0.05) is 19.1 Å². The Morgan fingerprint density at radius 2 is 2.07 bits per heavy atom. The van der Waals surface area contributed by atoms with Gasteiger partial charge in [0.2, 0.25) is 10.0 Å². The van der Waals surface area contributed by atoms with E-state index in [1.54, 1.807) is 4.31 Å². The van der Waals surface area contributed by atoms with E-state index in [2.05, 4.69) is 0 Å². The normalized spacial score (nSPS) is 24.7. The summed E-state index contributed by atoms with van der Waals surface area (Å²) in [5, 5.41) is 0. The molecule has 0 aromatic heterocycles. The summed E-state index contributed by atoms with van der Waals surface area (Å²) >= 11 is 0. The van der Waals surface area contributed by atoms with Crippen molar-refractivity contribution < 1.29 is 8.42 Å². The zero-order valence-corrected chi connectivity index (χ0v) is 10.5. The fourth-order valence-corrected chi connectivity index (χ4v) is 4.18. The zero-order chi connectivity index (χ0) is 11.5. The Morgan fingerprint density at radius 1 is 1.40 bits per heavy atom. The molecule has 1 saturated heterocycles. The van der Waals surface area contributed by atoms with E-state index in [0.29, 0.717) is 13.1 Å². The van der Waals surface area contributed by atoms with Crippen LogP contribution in [0.25, 0.3) is 0 Å². The van der Waals surface area contributed by atoms with Crippen LogP contribution in [0.2, 0.25) is 0 Å². The first kappa shape index (κ1) is 12.9. The molecule has 0 bridgehead atoms. The third-order valence-corrected chi connectivity index (χ3v) is 5.03. The monoisotopic (exact) mass is 234 g/mol. The molecule has 1 heterocycles. The summed E-state index contributed by atoms with van der Waals surface area (Å²) in [6.07, 6.45) is 2.97. The van der Waals surface area contributed by atoms with E-state index in [0.717, 1.165) is 19.3 Å². The third-order valence-electron chi connectivity index (χ3n) is 2.75. The minimum atomic E-state index is -3.09. The minimum Gasteiger partial charge on any atom is -0.329 e. The fourth-order valence-electron chi connectivity index (χ4n) is 2.09. The highest BCUT2D eigenvalue weighted by molar-refractivity contribution is 7.89. The van der Waals surface area contributed by atoms with Gasteiger partial charge in [-0.25, -0.2) is 8.42 Å². The quantitative estimate of drug-likeness (QED) is 0.782. The molecular weight excluding hydrogens is 212 g/mol. The summed E-state index contributed by atoms with van der Waals surface area (Å²) in [6.45, 7) is 4.95. The molecule has 1 aliphatic rings. The predicted molar refractivity (Wildman–Crippen MR) is 62.0 cm³/mol. The van der Waals surface area contributed by atoms with Crippen molar-refractivity contribution in [2.75, 3.05) is 18.8 Å². The second-order valence-electron chi connectivity index (χ2n) is 4.67. The molecule has 0 aliphatic carbocycles. The summed E-state index contributed by atoms with van der Waals surface area (Å²) in [5.74, 6) is 0.416. The maximum absolute atomic E-state index is 12.0. The first-order valence-corrected chi connectivity index (χ1v) is 7.28.